The fourth-order valence-corrected chi connectivity index (χ4v) is 2.62. The minimum Gasteiger partial charge on any atom is -0.447 e. The van der Waals surface area contributed by atoms with Gasteiger partial charge in [-0.15, -0.1) is 0 Å². The molecular formula is C11H15O2P. The number of rotatable bonds is 1. The van der Waals surface area contributed by atoms with Gasteiger partial charge in [0.15, 0.2) is 0 Å². The molecule has 1 aromatic rings. The molecule has 0 saturated carbocycles. The highest BCUT2D eigenvalue weighted by Gasteiger charge is 2.23. The zero-order valence-corrected chi connectivity index (χ0v) is 9.67. The van der Waals surface area contributed by atoms with Crippen molar-refractivity contribution in [3.8, 4) is 5.75 Å². The maximum absolute atomic E-state index is 5.79. The molecule has 0 spiro atoms. The Morgan fingerprint density at radius 1 is 1.36 bits per heavy atom. The van der Waals surface area contributed by atoms with Crippen LogP contribution in [-0.2, 0) is 11.1 Å². The quantitative estimate of drug-likeness (QED) is 0.659. The molecule has 2 rings (SSSR count). The lowest BCUT2D eigenvalue weighted by molar-refractivity contribution is 0.273. The second-order valence-electron chi connectivity index (χ2n) is 3.86. The summed E-state index contributed by atoms with van der Waals surface area (Å²) in [6.45, 7) is 7.04. The molecule has 0 saturated heterocycles. The minimum absolute atomic E-state index is 0.458. The van der Waals surface area contributed by atoms with Crippen LogP contribution >= 0.6 is 8.38 Å². The third-order valence-electron chi connectivity index (χ3n) is 2.17. The van der Waals surface area contributed by atoms with Gasteiger partial charge >= 0.3 is 0 Å². The second-order valence-corrected chi connectivity index (χ2v) is 5.90. The molecule has 1 aliphatic rings. The summed E-state index contributed by atoms with van der Waals surface area (Å²) in [5, 5.41) is 0. The van der Waals surface area contributed by atoms with Crippen LogP contribution in [0.5, 0.6) is 5.75 Å². The largest absolute Gasteiger partial charge is 0.447 e. The Balaban J connectivity index is 2.23. The lowest BCUT2D eigenvalue weighted by atomic mass is 10.1. The molecule has 0 N–H and O–H groups in total. The molecule has 2 nitrogen and oxygen atoms in total. The molecule has 1 heterocycles. The lowest BCUT2D eigenvalue weighted by Crippen LogP contribution is -2.09. The summed E-state index contributed by atoms with van der Waals surface area (Å²) in [4.78, 5) is 0. The van der Waals surface area contributed by atoms with Gasteiger partial charge < -0.3 is 9.05 Å². The van der Waals surface area contributed by atoms with E-state index in [-0.39, 0.29) is 0 Å². The highest BCUT2D eigenvalue weighted by molar-refractivity contribution is 7.48. The van der Waals surface area contributed by atoms with Gasteiger partial charge in [-0.1, -0.05) is 31.5 Å². The highest BCUT2D eigenvalue weighted by Crippen LogP contribution is 2.49. The predicted molar refractivity (Wildman–Crippen MR) is 58.7 cm³/mol. The molecule has 3 heteroatoms. The SMILES string of the molecule is Cc1ccc2c(c1)COP(C(C)C)O2. The predicted octanol–water partition coefficient (Wildman–Crippen LogP) is 3.62. The van der Waals surface area contributed by atoms with E-state index in [0.717, 1.165) is 5.75 Å². The average molecular weight is 210 g/mol. The Morgan fingerprint density at radius 3 is 2.86 bits per heavy atom. The molecule has 0 amide bonds. The second kappa shape index (κ2) is 3.88. The molecule has 14 heavy (non-hydrogen) atoms. The van der Waals surface area contributed by atoms with E-state index in [0.29, 0.717) is 12.3 Å². The third-order valence-corrected chi connectivity index (χ3v) is 3.78. The van der Waals surface area contributed by atoms with Crippen LogP contribution in [-0.4, -0.2) is 5.66 Å². The number of hydrogen-bond acceptors (Lipinski definition) is 2. The van der Waals surface area contributed by atoms with Gasteiger partial charge in [-0.25, -0.2) is 0 Å². The molecule has 0 aromatic heterocycles. The van der Waals surface area contributed by atoms with Crippen molar-refractivity contribution in [2.45, 2.75) is 33.0 Å². The monoisotopic (exact) mass is 210 g/mol. The van der Waals surface area contributed by atoms with Gasteiger partial charge in [0.2, 0.25) is 8.38 Å². The van der Waals surface area contributed by atoms with Crippen LogP contribution < -0.4 is 4.52 Å². The first-order chi connectivity index (χ1) is 6.66. The molecule has 1 aromatic carbocycles. The summed E-state index contributed by atoms with van der Waals surface area (Å²) in [5.74, 6) is 1.00. The van der Waals surface area contributed by atoms with Crippen LogP contribution in [0.25, 0.3) is 0 Å². The van der Waals surface area contributed by atoms with E-state index in [1.165, 1.54) is 11.1 Å². The summed E-state index contributed by atoms with van der Waals surface area (Å²) < 4.78 is 11.5. The number of fused-ring (bicyclic) bond motifs is 1. The summed E-state index contributed by atoms with van der Waals surface area (Å²) in [5.41, 5.74) is 2.88. The minimum atomic E-state index is -0.727. The number of hydrogen-bond donors (Lipinski definition) is 0. The van der Waals surface area contributed by atoms with Gasteiger partial charge in [0.25, 0.3) is 0 Å². The molecule has 1 aliphatic heterocycles. The van der Waals surface area contributed by atoms with Crippen LogP contribution in [0.15, 0.2) is 18.2 Å². The van der Waals surface area contributed by atoms with Gasteiger partial charge in [-0.2, -0.15) is 0 Å². The summed E-state index contributed by atoms with van der Waals surface area (Å²) in [7, 11) is -0.727. The van der Waals surface area contributed by atoms with Crippen molar-refractivity contribution < 1.29 is 9.05 Å². The lowest BCUT2D eigenvalue weighted by Gasteiger charge is -2.27. The normalized spacial score (nSPS) is 20.4. The molecule has 0 aliphatic carbocycles. The van der Waals surface area contributed by atoms with Gasteiger partial charge in [0.1, 0.15) is 5.75 Å². The van der Waals surface area contributed by atoms with Crippen LogP contribution in [0.1, 0.15) is 25.0 Å². The summed E-state index contributed by atoms with van der Waals surface area (Å²) >= 11 is 0. The number of benzene rings is 1. The van der Waals surface area contributed by atoms with Crippen molar-refractivity contribution in [2.24, 2.45) is 0 Å². The zero-order valence-electron chi connectivity index (χ0n) is 8.78. The summed E-state index contributed by atoms with van der Waals surface area (Å²) in [6.07, 6.45) is 0. The van der Waals surface area contributed by atoms with Crippen LogP contribution in [0, 0.1) is 6.92 Å². The van der Waals surface area contributed by atoms with E-state index in [1.54, 1.807) is 0 Å². The molecular weight excluding hydrogens is 195 g/mol. The van der Waals surface area contributed by atoms with Crippen molar-refractivity contribution in [3.63, 3.8) is 0 Å². The van der Waals surface area contributed by atoms with Gasteiger partial charge in [-0.05, 0) is 13.0 Å². The average Bonchev–Trinajstić information content (AvgIpc) is 2.16. The van der Waals surface area contributed by atoms with E-state index < -0.39 is 8.38 Å². The molecule has 76 valence electrons. The highest BCUT2D eigenvalue weighted by atomic mass is 31.2. The van der Waals surface area contributed by atoms with Crippen molar-refractivity contribution in [2.75, 3.05) is 0 Å². The Hall–Kier alpha value is -0.590. The summed E-state index contributed by atoms with van der Waals surface area (Å²) in [6, 6.07) is 6.26. The molecule has 1 atom stereocenters. The first-order valence-electron chi connectivity index (χ1n) is 4.86. The van der Waals surface area contributed by atoms with Crippen molar-refractivity contribution in [1.82, 2.24) is 0 Å². The zero-order chi connectivity index (χ0) is 10.1. The number of aryl methyl sites for hydroxylation is 1. The Morgan fingerprint density at radius 2 is 2.14 bits per heavy atom. The Labute approximate surface area is 86.2 Å². The van der Waals surface area contributed by atoms with Crippen molar-refractivity contribution >= 4 is 8.38 Å². The van der Waals surface area contributed by atoms with Gasteiger partial charge in [0.05, 0.1) is 6.61 Å². The van der Waals surface area contributed by atoms with E-state index in [4.69, 9.17) is 9.05 Å². The van der Waals surface area contributed by atoms with Gasteiger partial charge in [-0.3, -0.25) is 0 Å². The fourth-order valence-electron chi connectivity index (χ4n) is 1.42. The van der Waals surface area contributed by atoms with Crippen LogP contribution in [0.2, 0.25) is 0 Å². The maximum Gasteiger partial charge on any atom is 0.233 e. The smallest absolute Gasteiger partial charge is 0.233 e. The molecule has 0 radical (unpaired) electrons. The van der Waals surface area contributed by atoms with Gasteiger partial charge in [0, 0.05) is 11.2 Å². The standard InChI is InChI=1S/C11H15O2P/c1-8(2)14-12-7-10-6-9(3)4-5-11(10)13-14/h4-6,8H,7H2,1-3H3. The molecule has 1 unspecified atom stereocenters. The maximum atomic E-state index is 5.79. The van der Waals surface area contributed by atoms with E-state index >= 15 is 0 Å². The van der Waals surface area contributed by atoms with E-state index in [9.17, 15) is 0 Å². The van der Waals surface area contributed by atoms with E-state index in [1.807, 2.05) is 6.07 Å². The van der Waals surface area contributed by atoms with Crippen molar-refractivity contribution in [1.29, 1.82) is 0 Å². The third kappa shape index (κ3) is 1.92. The fraction of sp³-hybridized carbons (Fsp3) is 0.455. The van der Waals surface area contributed by atoms with Crippen LogP contribution in [0.3, 0.4) is 0 Å². The van der Waals surface area contributed by atoms with Crippen LogP contribution in [0.4, 0.5) is 0 Å². The van der Waals surface area contributed by atoms with E-state index in [2.05, 4.69) is 32.9 Å². The Kier molecular flexibility index (Phi) is 2.76. The first-order valence-corrected chi connectivity index (χ1v) is 6.11. The van der Waals surface area contributed by atoms with Crippen molar-refractivity contribution in [3.05, 3.63) is 29.3 Å². The Bertz CT molecular complexity index is 336. The topological polar surface area (TPSA) is 18.5 Å². The molecule has 0 bridgehead atoms. The molecule has 0 fully saturated rings. The first kappa shape index (κ1) is 9.95.